The van der Waals surface area contributed by atoms with Gasteiger partial charge in [0.05, 0.1) is 13.2 Å². The molecule has 1 aromatic carbocycles. The van der Waals surface area contributed by atoms with Gasteiger partial charge < -0.3 is 14.7 Å². The van der Waals surface area contributed by atoms with E-state index in [2.05, 4.69) is 40.0 Å². The van der Waals surface area contributed by atoms with Gasteiger partial charge in [0.2, 0.25) is 0 Å². The van der Waals surface area contributed by atoms with Crippen molar-refractivity contribution in [3.63, 3.8) is 0 Å². The summed E-state index contributed by atoms with van der Waals surface area (Å²) in [5.41, 5.74) is 7.95. The normalized spacial score (nSPS) is 34.3. The van der Waals surface area contributed by atoms with Crippen LogP contribution >= 0.6 is 0 Å². The van der Waals surface area contributed by atoms with E-state index in [0.29, 0.717) is 17.9 Å². The van der Waals surface area contributed by atoms with Crippen LogP contribution in [0.2, 0.25) is 0 Å². The minimum Gasteiger partial charge on any atom is -0.493 e. The number of nitrogens with one attached hydrogen (secondary N) is 2. The van der Waals surface area contributed by atoms with E-state index >= 15 is 0 Å². The van der Waals surface area contributed by atoms with Crippen molar-refractivity contribution in [3.05, 3.63) is 29.8 Å². The summed E-state index contributed by atoms with van der Waals surface area (Å²) in [4.78, 5) is 2.59. The molecule has 0 aromatic heterocycles. The van der Waals surface area contributed by atoms with Gasteiger partial charge in [-0.1, -0.05) is 18.2 Å². The van der Waals surface area contributed by atoms with Crippen molar-refractivity contribution in [3.8, 4) is 5.75 Å². The number of hydrazine groups is 1. The van der Waals surface area contributed by atoms with Crippen molar-refractivity contribution >= 4 is 0 Å². The molecule has 3 heterocycles. The van der Waals surface area contributed by atoms with Crippen LogP contribution in [0.5, 0.6) is 5.75 Å². The maximum atomic E-state index is 9.52. The smallest absolute Gasteiger partial charge is 0.122 e. The van der Waals surface area contributed by atoms with E-state index in [9.17, 15) is 5.11 Å². The van der Waals surface area contributed by atoms with Gasteiger partial charge in [0.25, 0.3) is 0 Å². The molecule has 2 saturated heterocycles. The Hall–Kier alpha value is -1.14. The molecule has 126 valence electrons. The third-order valence-corrected chi connectivity index (χ3v) is 5.69. The minimum atomic E-state index is 0.195. The molecule has 0 saturated carbocycles. The molecule has 0 aliphatic carbocycles. The summed E-state index contributed by atoms with van der Waals surface area (Å²) in [6, 6.07) is 9.16. The molecule has 5 heteroatoms. The third-order valence-electron chi connectivity index (χ3n) is 5.69. The monoisotopic (exact) mass is 317 g/mol. The lowest BCUT2D eigenvalue weighted by atomic mass is 9.87. The lowest BCUT2D eigenvalue weighted by Gasteiger charge is -2.37. The zero-order chi connectivity index (χ0) is 15.6. The molecule has 23 heavy (non-hydrogen) atoms. The van der Waals surface area contributed by atoms with E-state index < -0.39 is 0 Å². The largest absolute Gasteiger partial charge is 0.493 e. The summed E-state index contributed by atoms with van der Waals surface area (Å²) in [7, 11) is 0. The summed E-state index contributed by atoms with van der Waals surface area (Å²) in [6.07, 6.45) is 3.40. The van der Waals surface area contributed by atoms with Gasteiger partial charge in [-0.05, 0) is 43.4 Å². The van der Waals surface area contributed by atoms with Crippen LogP contribution in [0.1, 0.15) is 18.4 Å². The Morgan fingerprint density at radius 3 is 3.04 bits per heavy atom. The van der Waals surface area contributed by atoms with Gasteiger partial charge >= 0.3 is 0 Å². The Morgan fingerprint density at radius 1 is 1.22 bits per heavy atom. The number of fused-ring (bicyclic) bond motifs is 2. The van der Waals surface area contributed by atoms with E-state index in [1.54, 1.807) is 0 Å². The van der Waals surface area contributed by atoms with Crippen LogP contribution in [0.4, 0.5) is 0 Å². The summed E-state index contributed by atoms with van der Waals surface area (Å²) in [5.74, 6) is 2.24. The Morgan fingerprint density at radius 2 is 2.13 bits per heavy atom. The molecular formula is C18H27N3O2. The van der Waals surface area contributed by atoms with Crippen molar-refractivity contribution in [1.29, 1.82) is 0 Å². The Labute approximate surface area is 138 Å². The first-order valence-corrected chi connectivity index (χ1v) is 8.88. The van der Waals surface area contributed by atoms with Crippen LogP contribution in [0.15, 0.2) is 24.3 Å². The zero-order valence-corrected chi connectivity index (χ0v) is 13.6. The zero-order valence-electron chi connectivity index (χ0n) is 13.6. The number of rotatable bonds is 3. The van der Waals surface area contributed by atoms with E-state index in [0.717, 1.165) is 51.3 Å². The van der Waals surface area contributed by atoms with Crippen LogP contribution in [0.25, 0.3) is 0 Å². The second kappa shape index (κ2) is 6.77. The molecule has 1 aromatic rings. The molecule has 0 spiro atoms. The highest BCUT2D eigenvalue weighted by molar-refractivity contribution is 5.34. The molecule has 0 bridgehead atoms. The van der Waals surface area contributed by atoms with Crippen molar-refractivity contribution in [2.24, 2.45) is 11.8 Å². The molecular weight excluding hydrogens is 290 g/mol. The first kappa shape index (κ1) is 15.4. The van der Waals surface area contributed by atoms with Gasteiger partial charge in [0, 0.05) is 31.1 Å². The second-order valence-electron chi connectivity index (χ2n) is 7.21. The molecule has 4 atom stereocenters. The summed E-state index contributed by atoms with van der Waals surface area (Å²) < 4.78 is 5.90. The summed E-state index contributed by atoms with van der Waals surface area (Å²) >= 11 is 0. The molecule has 5 nitrogen and oxygen atoms in total. The highest BCUT2D eigenvalue weighted by atomic mass is 16.5. The van der Waals surface area contributed by atoms with E-state index in [1.807, 2.05) is 0 Å². The predicted molar refractivity (Wildman–Crippen MR) is 89.2 cm³/mol. The number of hydrogen-bond acceptors (Lipinski definition) is 5. The van der Waals surface area contributed by atoms with E-state index in [4.69, 9.17) is 4.74 Å². The first-order valence-electron chi connectivity index (χ1n) is 8.88. The number of ether oxygens (including phenoxy) is 1. The van der Waals surface area contributed by atoms with Crippen LogP contribution < -0.4 is 15.6 Å². The Kier molecular flexibility index (Phi) is 4.53. The SMILES string of the molecule is OCC1NNC2CCN(CC3CCOc4ccccc4C3)CC12. The van der Waals surface area contributed by atoms with Gasteiger partial charge in [0.15, 0.2) is 0 Å². The Balaban J connectivity index is 1.38. The number of para-hydroxylation sites is 1. The van der Waals surface area contributed by atoms with Crippen LogP contribution in [-0.4, -0.2) is 54.9 Å². The standard InChI is InChI=1S/C18H27N3O2/c22-12-17-15-11-21(7-5-16(15)19-20-17)10-13-6-8-23-18-4-2-1-3-14(18)9-13/h1-4,13,15-17,19-20,22H,5-12H2. The quantitative estimate of drug-likeness (QED) is 0.769. The van der Waals surface area contributed by atoms with Crippen molar-refractivity contribution < 1.29 is 9.84 Å². The van der Waals surface area contributed by atoms with Gasteiger partial charge in [-0.25, -0.2) is 0 Å². The number of likely N-dealkylation sites (tertiary alicyclic amines) is 1. The molecule has 2 fully saturated rings. The van der Waals surface area contributed by atoms with Gasteiger partial charge in [-0.2, -0.15) is 0 Å². The second-order valence-corrected chi connectivity index (χ2v) is 7.21. The average molecular weight is 317 g/mol. The van der Waals surface area contributed by atoms with E-state index in [1.165, 1.54) is 5.56 Å². The third kappa shape index (κ3) is 3.24. The van der Waals surface area contributed by atoms with Crippen LogP contribution in [0.3, 0.4) is 0 Å². The Bertz CT molecular complexity index is 533. The maximum Gasteiger partial charge on any atom is 0.122 e. The molecule has 3 N–H and O–H groups in total. The average Bonchev–Trinajstić information content (AvgIpc) is 2.87. The lowest BCUT2D eigenvalue weighted by molar-refractivity contribution is 0.116. The highest BCUT2D eigenvalue weighted by Crippen LogP contribution is 2.29. The number of hydrogen-bond donors (Lipinski definition) is 3. The first-order chi connectivity index (χ1) is 11.3. The molecule has 0 amide bonds. The van der Waals surface area contributed by atoms with Crippen molar-refractivity contribution in [2.45, 2.75) is 31.3 Å². The molecule has 3 aliphatic rings. The lowest BCUT2D eigenvalue weighted by Crippen LogP contribution is -2.48. The summed E-state index contributed by atoms with van der Waals surface area (Å²) in [5, 5.41) is 9.52. The van der Waals surface area contributed by atoms with Gasteiger partial charge in [0.1, 0.15) is 5.75 Å². The van der Waals surface area contributed by atoms with Gasteiger partial charge in [-0.15, -0.1) is 0 Å². The fourth-order valence-corrected chi connectivity index (χ4v) is 4.39. The topological polar surface area (TPSA) is 56.8 Å². The molecule has 0 radical (unpaired) electrons. The number of nitrogens with zero attached hydrogens (tertiary/aromatic N) is 1. The van der Waals surface area contributed by atoms with Crippen LogP contribution in [0, 0.1) is 11.8 Å². The number of piperidine rings is 1. The van der Waals surface area contributed by atoms with Crippen LogP contribution in [-0.2, 0) is 6.42 Å². The predicted octanol–water partition coefficient (Wildman–Crippen LogP) is 0.787. The highest BCUT2D eigenvalue weighted by Gasteiger charge is 2.39. The summed E-state index contributed by atoms with van der Waals surface area (Å²) in [6.45, 7) is 4.40. The molecule has 4 unspecified atom stereocenters. The number of aliphatic hydroxyl groups excluding tert-OH is 1. The molecule has 4 rings (SSSR count). The van der Waals surface area contributed by atoms with E-state index in [-0.39, 0.29) is 12.6 Å². The minimum absolute atomic E-state index is 0.195. The van der Waals surface area contributed by atoms with Gasteiger partial charge in [-0.3, -0.25) is 10.9 Å². The maximum absolute atomic E-state index is 9.52. The molecule has 3 aliphatic heterocycles. The van der Waals surface area contributed by atoms with Crippen molar-refractivity contribution in [1.82, 2.24) is 15.8 Å². The van der Waals surface area contributed by atoms with Crippen molar-refractivity contribution in [2.75, 3.05) is 32.8 Å². The number of aliphatic hydroxyl groups is 1. The fourth-order valence-electron chi connectivity index (χ4n) is 4.39. The number of benzene rings is 1. The fraction of sp³-hybridized carbons (Fsp3) is 0.667.